The molecule has 714 valence electrons. The quantitative estimate of drug-likeness (QED) is 0.00517. The Bertz CT molecular complexity index is 5380. The number of carbonyl (C=O) groups is 10. The first-order valence-electron chi connectivity index (χ1n) is 44.6. The normalized spacial score (nSPS) is 13.2. The Kier molecular flexibility index (Phi) is 50.0. The fraction of sp³-hybridized carbons (Fsp3) is 0.352. The number of fused-ring (bicyclic) bond motifs is 12. The number of ether oxygens (including phenoxy) is 8. The van der Waals surface area contributed by atoms with Gasteiger partial charge in [-0.1, -0.05) is 178 Å². The number of nitrogens with zero attached hydrogens (tertiary/aromatic N) is 1. The lowest BCUT2D eigenvalue weighted by atomic mass is 9.95. The number of hydrogen-bond donors (Lipinski definition) is 6. The molecule has 4 aliphatic carbocycles. The van der Waals surface area contributed by atoms with E-state index in [1.165, 1.54) is 29.3 Å². The van der Waals surface area contributed by atoms with Crippen molar-refractivity contribution in [3.63, 3.8) is 0 Å². The Morgan fingerprint density at radius 2 is 0.659 bits per heavy atom. The molecule has 5 amide bonds. The number of ketones is 4. The zero-order valence-electron chi connectivity index (χ0n) is 76.7. The van der Waals surface area contributed by atoms with Crippen molar-refractivity contribution in [3.05, 3.63) is 270 Å². The van der Waals surface area contributed by atoms with E-state index in [0.29, 0.717) is 171 Å². The maximum atomic E-state index is 12.9. The minimum absolute atomic E-state index is 0.00874. The summed E-state index contributed by atoms with van der Waals surface area (Å²) in [6, 6.07) is 55.0. The van der Waals surface area contributed by atoms with E-state index in [4.69, 9.17) is 67.6 Å². The van der Waals surface area contributed by atoms with Gasteiger partial charge in [0.2, 0.25) is 0 Å². The molecule has 30 nitrogen and oxygen atoms in total. The Balaban J connectivity index is 0.000000269. The Morgan fingerprint density at radius 1 is 0.370 bits per heavy atom. The number of benzene rings is 8. The van der Waals surface area contributed by atoms with Gasteiger partial charge in [0.15, 0.2) is 23.1 Å². The summed E-state index contributed by atoms with van der Waals surface area (Å²) in [4.78, 5) is 159. The predicted octanol–water partition coefficient (Wildman–Crippen LogP) is 15.6. The van der Waals surface area contributed by atoms with Gasteiger partial charge in [-0.2, -0.15) is 0 Å². The molecule has 135 heavy (non-hydrogen) atoms. The number of rotatable bonds is 42. The van der Waals surface area contributed by atoms with Crippen LogP contribution in [-0.2, 0) is 71.5 Å². The third kappa shape index (κ3) is 34.2. The maximum Gasteiger partial charge on any atom is 0.533 e. The van der Waals surface area contributed by atoms with Crippen LogP contribution in [0.5, 0.6) is 0 Å². The minimum Gasteiger partial charge on any atom is -0.450 e. The van der Waals surface area contributed by atoms with Gasteiger partial charge in [0.25, 0.3) is 11.8 Å². The van der Waals surface area contributed by atoms with Gasteiger partial charge in [-0.15, -0.1) is 0 Å². The van der Waals surface area contributed by atoms with Gasteiger partial charge in [-0.25, -0.2) is 38.4 Å². The molecule has 1 aliphatic heterocycles. The molecule has 1 fully saturated rings. The van der Waals surface area contributed by atoms with Crippen molar-refractivity contribution in [1.29, 1.82) is 0 Å². The highest BCUT2D eigenvalue weighted by Crippen LogP contribution is 2.49. The largest absolute Gasteiger partial charge is 0.533 e. The number of aliphatic hydroxyl groups is 2. The fourth-order valence-electron chi connectivity index (χ4n) is 15.1. The van der Waals surface area contributed by atoms with Crippen molar-refractivity contribution >= 4 is 88.7 Å². The topological polar surface area (TPSA) is 428 Å². The first-order valence-corrected chi connectivity index (χ1v) is 44.6. The number of aliphatic hydroxyl groups excluding tert-OH is 2. The van der Waals surface area contributed by atoms with Gasteiger partial charge >= 0.3 is 24.4 Å². The summed E-state index contributed by atoms with van der Waals surface area (Å²) in [5.41, 5.74) is 25.9. The molecule has 1 heterocycles. The zero-order chi connectivity index (χ0) is 98.2. The number of hydrogen-bond acceptors (Lipinski definition) is 26. The summed E-state index contributed by atoms with van der Waals surface area (Å²) >= 11 is 0. The highest BCUT2D eigenvalue weighted by molar-refractivity contribution is 6.05. The van der Waals surface area contributed by atoms with Gasteiger partial charge in [-0.3, -0.25) is 33.6 Å². The Labute approximate surface area is 786 Å². The Morgan fingerprint density at radius 3 is 1.00 bits per heavy atom. The number of nitrogens with two attached hydrogens (primary N) is 1. The highest BCUT2D eigenvalue weighted by atomic mass is 16.8. The average molecular weight is 1850 g/mol. The molecule has 8 aromatic rings. The van der Waals surface area contributed by atoms with Crippen LogP contribution in [0, 0.1) is 0 Å². The lowest BCUT2D eigenvalue weighted by Crippen LogP contribution is -2.32. The lowest BCUT2D eigenvalue weighted by Gasteiger charge is -2.16. The van der Waals surface area contributed by atoms with E-state index < -0.39 is 36.2 Å². The first kappa shape index (κ1) is 110. The fourth-order valence-corrected chi connectivity index (χ4v) is 15.1. The molecular weight excluding hydrogens is 1730 g/mol. The second-order valence-electron chi connectivity index (χ2n) is 30.3. The number of imide groups is 1. The first-order chi connectivity index (χ1) is 65.6. The van der Waals surface area contributed by atoms with Gasteiger partial charge in [-0.05, 0) is 190 Å². The molecular formula is C105H119N5O25. The van der Waals surface area contributed by atoms with Crippen LogP contribution < -0.4 is 21.7 Å². The van der Waals surface area contributed by atoms with Crippen LogP contribution in [0.4, 0.5) is 19.2 Å². The second-order valence-corrected chi connectivity index (χ2v) is 30.3. The molecule has 3 atom stereocenters. The third-order valence-electron chi connectivity index (χ3n) is 21.1. The molecule has 0 aromatic heterocycles. The summed E-state index contributed by atoms with van der Waals surface area (Å²) in [6.45, 7) is 26.9. The lowest BCUT2D eigenvalue weighted by molar-refractivity contribution is -0.177. The molecule has 1 saturated heterocycles. The van der Waals surface area contributed by atoms with E-state index >= 15 is 0 Å². The van der Waals surface area contributed by atoms with Crippen molar-refractivity contribution in [2.24, 2.45) is 5.73 Å². The van der Waals surface area contributed by atoms with Crippen LogP contribution in [0.1, 0.15) is 208 Å². The molecule has 3 unspecified atom stereocenters. The summed E-state index contributed by atoms with van der Waals surface area (Å²) < 4.78 is 41.8. The van der Waals surface area contributed by atoms with Crippen LogP contribution in [0.15, 0.2) is 203 Å². The second kappa shape index (κ2) is 61.6. The molecule has 7 N–H and O–H groups in total. The Hall–Kier alpha value is -14.1. The predicted molar refractivity (Wildman–Crippen MR) is 510 cm³/mol. The molecule has 8 aromatic carbocycles. The zero-order valence-corrected chi connectivity index (χ0v) is 76.7. The summed E-state index contributed by atoms with van der Waals surface area (Å²) in [5.74, 6) is 3.58. The van der Waals surface area contributed by atoms with Crippen molar-refractivity contribution in [2.75, 3.05) is 119 Å². The van der Waals surface area contributed by atoms with E-state index in [1.807, 2.05) is 160 Å². The van der Waals surface area contributed by atoms with E-state index in [9.17, 15) is 58.2 Å². The number of amides is 5. The van der Waals surface area contributed by atoms with Crippen LogP contribution in [0.3, 0.4) is 0 Å². The van der Waals surface area contributed by atoms with Crippen molar-refractivity contribution in [1.82, 2.24) is 21.0 Å². The van der Waals surface area contributed by atoms with Crippen molar-refractivity contribution in [2.45, 2.75) is 122 Å². The number of carbonyl (C=O) groups excluding carboxylic acids is 14. The SMILES string of the molecule is C=C1c2ccccc2-c2ccc(C(=O)CCCOCCNC(=O)OCCC)cc21.C=C=O.C=C=O.C=C=O.C=C=O.CCCOC(=O)NCCOCCCC(=O)c1ccc2c(c1)C(CO)c1ccccc1-2.CCCOC(=O)NCCOCCCC(=O)c1ccc2c(c1)C(COC(=O)ON1C(=O)CCC1=O)c1ccccc1-2.NCCOCCCC(=O)c1ccc2c(c1)C(CO)c1ccccc1-2. The van der Waals surface area contributed by atoms with Gasteiger partial charge in [0, 0.05) is 131 Å². The van der Waals surface area contributed by atoms with Crippen LogP contribution in [0.2, 0.25) is 0 Å². The van der Waals surface area contributed by atoms with E-state index in [0.717, 1.165) is 108 Å². The molecule has 5 aliphatic rings. The summed E-state index contributed by atoms with van der Waals surface area (Å²) in [5, 5.41) is 27.9. The van der Waals surface area contributed by atoms with Crippen LogP contribution in [0.25, 0.3) is 50.1 Å². The van der Waals surface area contributed by atoms with Crippen molar-refractivity contribution in [3.8, 4) is 44.5 Å². The van der Waals surface area contributed by atoms with E-state index in [1.54, 1.807) is 6.07 Å². The van der Waals surface area contributed by atoms with Gasteiger partial charge < -0.3 is 69.8 Å². The van der Waals surface area contributed by atoms with Crippen LogP contribution >= 0.6 is 0 Å². The number of Topliss-reactive ketones (excluding diaryl/α,β-unsaturated/α-hetero) is 4. The molecule has 0 spiro atoms. The molecule has 0 bridgehead atoms. The summed E-state index contributed by atoms with van der Waals surface area (Å²) in [7, 11) is 0. The monoisotopic (exact) mass is 1850 g/mol. The number of hydroxylamine groups is 2. The van der Waals surface area contributed by atoms with Crippen molar-refractivity contribution < 1.29 is 120 Å². The van der Waals surface area contributed by atoms with Crippen LogP contribution in [-0.4, -0.2) is 217 Å². The summed E-state index contributed by atoms with van der Waals surface area (Å²) in [6.07, 6.45) is 3.85. The van der Waals surface area contributed by atoms with Gasteiger partial charge in [0.05, 0.1) is 59.5 Å². The maximum absolute atomic E-state index is 12.9. The minimum atomic E-state index is -1.14. The average Bonchev–Trinajstić information content (AvgIpc) is 1.63. The molecule has 0 radical (unpaired) electrons. The molecule has 13 rings (SSSR count). The van der Waals surface area contributed by atoms with Gasteiger partial charge in [0.1, 0.15) is 30.4 Å². The third-order valence-corrected chi connectivity index (χ3v) is 21.1. The van der Waals surface area contributed by atoms with E-state index in [2.05, 4.69) is 73.1 Å². The number of nitrogens with one attached hydrogen (secondary N) is 3. The smallest absolute Gasteiger partial charge is 0.450 e. The highest BCUT2D eigenvalue weighted by Gasteiger charge is 2.36. The van der Waals surface area contributed by atoms with E-state index in [-0.39, 0.29) is 80.0 Å². The standard InChI is InChI=1S/C29H32N2O9.C24H29NO5.C24H27NO4.C20H23NO3.4C2H2O/c1-2-14-38-28(35)30-13-16-37-15-5-8-25(32)19-9-10-22-20-6-3-4-7-21(20)24(23(22)17-19)18-39-29(36)40-31-26(33)11-12-27(31)34;1-2-12-30-24(28)25-11-14-29-13-5-8-23(27)17-9-10-20-18-6-3-4-7-19(18)22(16-26)21(20)15-17;1-3-13-29-24(27)25-12-15-28-14-6-9-23(26)18-10-11-21-20-8-5-4-7-19(20)17(2)22(21)16-18;21-9-11-24-10-3-6-20(23)14-7-8-17-15-4-1-2-5-16(15)19(13-22)18(17)12-14;4*1-2-3/h3-4,6-7,9-10,17,24H,2,5,8,11-16,18H2,1H3,(H,30,35);3-4,6-7,9-10,15,22,26H,2,5,8,11-14,16H2,1H3,(H,25,28);4-5,7-8,10-11,16H,2-3,6,9,12-15H2,1H3,(H,25,27);1-2,4-5,7-8,12,19,22H,3,6,9-11,13,21H2;4*1H2. The molecule has 30 heteroatoms. The molecule has 0 saturated carbocycles. The number of alkyl carbamates (subject to hydrolysis) is 3.